The number of hydrogen-bond acceptors (Lipinski definition) is 12. The van der Waals surface area contributed by atoms with E-state index in [-0.39, 0.29) is 53.9 Å². The molecule has 5 aromatic rings. The summed E-state index contributed by atoms with van der Waals surface area (Å²) in [7, 11) is -2.63. The van der Waals surface area contributed by atoms with Crippen molar-refractivity contribution in [1.29, 1.82) is 0 Å². The Hall–Kier alpha value is -5.15. The summed E-state index contributed by atoms with van der Waals surface area (Å²) in [6, 6.07) is 15.9. The van der Waals surface area contributed by atoms with E-state index >= 15 is 0 Å². The summed E-state index contributed by atoms with van der Waals surface area (Å²) in [4.78, 5) is 25.4. The molecule has 0 amide bonds. The molecule has 224 valence electrons. The highest BCUT2D eigenvalue weighted by molar-refractivity contribution is 9.10. The molecule has 44 heavy (non-hydrogen) atoms. The van der Waals surface area contributed by atoms with Crippen LogP contribution >= 0.6 is 15.9 Å². The lowest BCUT2D eigenvalue weighted by atomic mass is 10.2. The Morgan fingerprint density at radius 1 is 0.864 bits per heavy atom. The van der Waals surface area contributed by atoms with E-state index in [0.717, 1.165) is 5.41 Å². The number of aromatic nitrogens is 6. The van der Waals surface area contributed by atoms with Gasteiger partial charge in [0.05, 0.1) is 23.2 Å². The van der Waals surface area contributed by atoms with Crippen LogP contribution in [-0.4, -0.2) is 58.6 Å². The van der Waals surface area contributed by atoms with E-state index in [2.05, 4.69) is 50.6 Å². The van der Waals surface area contributed by atoms with Crippen LogP contribution in [-0.2, 0) is 10.0 Å². The number of anilines is 1. The van der Waals surface area contributed by atoms with E-state index in [4.69, 9.17) is 18.9 Å². The fourth-order valence-electron chi connectivity index (χ4n) is 3.58. The van der Waals surface area contributed by atoms with Crippen LogP contribution in [0, 0.1) is 0 Å². The molecule has 3 heterocycles. The number of para-hydroxylation sites is 2. The third kappa shape index (κ3) is 8.23. The summed E-state index contributed by atoms with van der Waals surface area (Å²) in [6.07, 6.45) is 8.92. The first-order chi connectivity index (χ1) is 21.4. The lowest BCUT2D eigenvalue weighted by Crippen LogP contribution is -2.15. The van der Waals surface area contributed by atoms with E-state index < -0.39 is 10.0 Å². The van der Waals surface area contributed by atoms with E-state index in [1.165, 1.54) is 31.8 Å². The third-order valence-electron chi connectivity index (χ3n) is 5.54. The molecule has 1 N–H and O–H groups in total. The van der Waals surface area contributed by atoms with Crippen LogP contribution < -0.4 is 23.7 Å². The van der Waals surface area contributed by atoms with Crippen LogP contribution in [0.25, 0.3) is 17.6 Å². The topological polar surface area (TPSA) is 160 Å². The van der Waals surface area contributed by atoms with Gasteiger partial charge in [0, 0.05) is 24.8 Å². The van der Waals surface area contributed by atoms with Crippen LogP contribution in [0.4, 0.5) is 5.82 Å². The largest absolute Gasteiger partial charge is 0.493 e. The highest BCUT2D eigenvalue weighted by Gasteiger charge is 2.24. The van der Waals surface area contributed by atoms with Gasteiger partial charge in [0.15, 0.2) is 23.1 Å². The predicted molar refractivity (Wildman–Crippen MR) is 165 cm³/mol. The van der Waals surface area contributed by atoms with Crippen molar-refractivity contribution in [3.8, 4) is 40.7 Å². The molecule has 5 rings (SSSR count). The number of halogens is 1. The Morgan fingerprint density at radius 2 is 1.59 bits per heavy atom. The standard InChI is InChI=1S/C29H24BrN7O6S/c1-40-23-9-5-6-10-24(23)43-25-27(37-44(38,39)16-11-20-7-3-2-4-8-20)35-26(22-19-31-12-13-32-22)36-28(25)41-14-15-42-29-33-17-21(30)18-34-29/h2-13,16-19H,14-15H2,1H3,(H,35,36,37)/b16-11+. The normalized spacial score (nSPS) is 11.2. The van der Waals surface area contributed by atoms with Crippen molar-refractivity contribution in [2.24, 2.45) is 0 Å². The molecule has 0 aliphatic heterocycles. The van der Waals surface area contributed by atoms with Gasteiger partial charge in [-0.25, -0.2) is 28.4 Å². The Bertz CT molecular complexity index is 1830. The number of hydrogen-bond donors (Lipinski definition) is 1. The van der Waals surface area contributed by atoms with Crippen molar-refractivity contribution < 1.29 is 27.4 Å². The second kappa shape index (κ2) is 14.3. The Morgan fingerprint density at radius 3 is 2.32 bits per heavy atom. The third-order valence-corrected chi connectivity index (χ3v) is 6.92. The molecule has 0 bridgehead atoms. The van der Waals surface area contributed by atoms with Gasteiger partial charge in [0.25, 0.3) is 15.9 Å². The molecule has 0 spiro atoms. The lowest BCUT2D eigenvalue weighted by Gasteiger charge is -2.17. The summed E-state index contributed by atoms with van der Waals surface area (Å²) < 4.78 is 52.8. The van der Waals surface area contributed by atoms with Gasteiger partial charge in [0.1, 0.15) is 18.9 Å². The monoisotopic (exact) mass is 677 g/mol. The molecule has 0 aliphatic carbocycles. The Kier molecular flexibility index (Phi) is 9.89. The van der Waals surface area contributed by atoms with Crippen molar-refractivity contribution in [2.45, 2.75) is 0 Å². The Balaban J connectivity index is 1.52. The minimum Gasteiger partial charge on any atom is -0.493 e. The second-order valence-electron chi connectivity index (χ2n) is 8.61. The van der Waals surface area contributed by atoms with Crippen molar-refractivity contribution >= 4 is 37.8 Å². The molecule has 0 saturated carbocycles. The maximum absolute atomic E-state index is 13.3. The average molecular weight is 679 g/mol. The second-order valence-corrected chi connectivity index (χ2v) is 11.1. The summed E-state index contributed by atoms with van der Waals surface area (Å²) in [6.45, 7) is -0.0141. The van der Waals surface area contributed by atoms with E-state index in [0.29, 0.717) is 15.8 Å². The summed E-state index contributed by atoms with van der Waals surface area (Å²) in [5.41, 5.74) is 0.950. The van der Waals surface area contributed by atoms with E-state index in [9.17, 15) is 8.42 Å². The molecule has 0 radical (unpaired) electrons. The maximum atomic E-state index is 13.3. The lowest BCUT2D eigenvalue weighted by molar-refractivity contribution is 0.197. The van der Waals surface area contributed by atoms with Crippen molar-refractivity contribution in [2.75, 3.05) is 25.0 Å². The van der Waals surface area contributed by atoms with E-state index in [1.807, 2.05) is 6.07 Å². The summed E-state index contributed by atoms with van der Waals surface area (Å²) in [5, 5.41) is 1.02. The number of sulfonamides is 1. The first-order valence-corrected chi connectivity index (χ1v) is 15.2. The molecular weight excluding hydrogens is 654 g/mol. The quantitative estimate of drug-likeness (QED) is 0.163. The van der Waals surface area contributed by atoms with Gasteiger partial charge in [0.2, 0.25) is 5.75 Å². The fraction of sp³-hybridized carbons (Fsp3) is 0.103. The molecule has 0 saturated heterocycles. The van der Waals surface area contributed by atoms with Crippen LogP contribution in [0.15, 0.2) is 95.5 Å². The average Bonchev–Trinajstić information content (AvgIpc) is 3.05. The minimum atomic E-state index is -4.11. The molecule has 0 aliphatic rings. The summed E-state index contributed by atoms with van der Waals surface area (Å²) >= 11 is 3.27. The highest BCUT2D eigenvalue weighted by Crippen LogP contribution is 2.41. The SMILES string of the molecule is COc1ccccc1Oc1c(NS(=O)(=O)/C=C/c2ccccc2)nc(-c2cnccn2)nc1OCCOc1ncc(Br)cn1. The van der Waals surface area contributed by atoms with Crippen LogP contribution in [0.5, 0.6) is 29.1 Å². The zero-order chi connectivity index (χ0) is 30.8. The zero-order valence-corrected chi connectivity index (χ0v) is 25.5. The number of methoxy groups -OCH3 is 1. The van der Waals surface area contributed by atoms with Crippen LogP contribution in [0.1, 0.15) is 5.56 Å². The van der Waals surface area contributed by atoms with Crippen molar-refractivity contribution in [3.05, 3.63) is 101 Å². The van der Waals surface area contributed by atoms with Crippen molar-refractivity contribution in [3.63, 3.8) is 0 Å². The van der Waals surface area contributed by atoms with Crippen LogP contribution in [0.3, 0.4) is 0 Å². The van der Waals surface area contributed by atoms with Gasteiger partial charge < -0.3 is 18.9 Å². The molecule has 0 unspecified atom stereocenters. The van der Waals surface area contributed by atoms with Gasteiger partial charge >= 0.3 is 6.01 Å². The zero-order valence-electron chi connectivity index (χ0n) is 23.1. The molecule has 13 nitrogen and oxygen atoms in total. The van der Waals surface area contributed by atoms with Crippen LogP contribution in [0.2, 0.25) is 0 Å². The van der Waals surface area contributed by atoms with Crippen molar-refractivity contribution in [1.82, 2.24) is 29.9 Å². The number of nitrogens with zero attached hydrogens (tertiary/aromatic N) is 6. The molecule has 0 atom stereocenters. The van der Waals surface area contributed by atoms with Gasteiger partial charge in [-0.3, -0.25) is 9.71 Å². The minimum absolute atomic E-state index is 0.0289. The van der Waals surface area contributed by atoms with Gasteiger partial charge in [-0.05, 0) is 39.7 Å². The van der Waals surface area contributed by atoms with Gasteiger partial charge in [-0.1, -0.05) is 42.5 Å². The maximum Gasteiger partial charge on any atom is 0.316 e. The number of ether oxygens (including phenoxy) is 4. The number of benzene rings is 2. The summed E-state index contributed by atoms with van der Waals surface area (Å²) in [5.74, 6) is 0.231. The number of nitrogens with one attached hydrogen (secondary N) is 1. The van der Waals surface area contributed by atoms with Gasteiger partial charge in [-0.15, -0.1) is 0 Å². The highest BCUT2D eigenvalue weighted by atomic mass is 79.9. The van der Waals surface area contributed by atoms with E-state index in [1.54, 1.807) is 60.9 Å². The number of rotatable bonds is 13. The smallest absolute Gasteiger partial charge is 0.316 e. The molecule has 2 aromatic carbocycles. The molecular formula is C29H24BrN7O6S. The van der Waals surface area contributed by atoms with Gasteiger partial charge in [-0.2, -0.15) is 4.98 Å². The fourth-order valence-corrected chi connectivity index (χ4v) is 4.60. The molecule has 0 fully saturated rings. The predicted octanol–water partition coefficient (Wildman–Crippen LogP) is 5.16. The molecule has 3 aromatic heterocycles. The molecule has 15 heteroatoms. The first-order valence-electron chi connectivity index (χ1n) is 12.9. The Labute approximate surface area is 261 Å². The first kappa shape index (κ1) is 30.3.